The van der Waals surface area contributed by atoms with Crippen molar-refractivity contribution in [3.05, 3.63) is 24.3 Å². The van der Waals surface area contributed by atoms with Gasteiger partial charge in [0.15, 0.2) is 17.5 Å². The number of ether oxygens (including phenoxy) is 2. The molecule has 0 bridgehead atoms. The van der Waals surface area contributed by atoms with E-state index < -0.39 is 0 Å². The first-order valence-corrected chi connectivity index (χ1v) is 9.98. The van der Waals surface area contributed by atoms with Gasteiger partial charge in [-0.2, -0.15) is 0 Å². The maximum Gasteiger partial charge on any atom is 0.191 e. The Morgan fingerprint density at radius 2 is 2.00 bits per heavy atom. The fourth-order valence-corrected chi connectivity index (χ4v) is 3.43. The molecule has 2 aliphatic rings. The quantitative estimate of drug-likeness (QED) is 0.440. The van der Waals surface area contributed by atoms with Crippen LogP contribution in [0.3, 0.4) is 0 Å². The van der Waals surface area contributed by atoms with E-state index in [4.69, 9.17) is 9.47 Å². The van der Waals surface area contributed by atoms with E-state index >= 15 is 0 Å². The van der Waals surface area contributed by atoms with Crippen LogP contribution < -0.4 is 20.1 Å². The molecule has 150 valence electrons. The van der Waals surface area contributed by atoms with E-state index in [0.29, 0.717) is 13.2 Å². The number of fused-ring (bicyclic) bond motifs is 1. The van der Waals surface area contributed by atoms with Crippen molar-refractivity contribution in [2.75, 3.05) is 66.5 Å². The highest BCUT2D eigenvalue weighted by molar-refractivity contribution is 5.79. The number of rotatable bonds is 6. The molecule has 7 heteroatoms. The van der Waals surface area contributed by atoms with Gasteiger partial charge in [0.05, 0.1) is 6.54 Å². The standard InChI is InChI=1S/C20H33N5O2/c1-21-20(22-9-5-11-25-12-6-10-24(2)13-14-25)23-15-17-16-26-18-7-3-4-8-19(18)27-17/h3-4,7-8,17H,5-6,9-16H2,1-2H3,(H2,21,22,23). The van der Waals surface area contributed by atoms with Crippen LogP contribution in [0.15, 0.2) is 29.3 Å². The lowest BCUT2D eigenvalue weighted by atomic mass is 10.2. The fraction of sp³-hybridized carbons (Fsp3) is 0.650. The van der Waals surface area contributed by atoms with Crippen molar-refractivity contribution >= 4 is 5.96 Å². The van der Waals surface area contributed by atoms with Crippen molar-refractivity contribution in [3.8, 4) is 11.5 Å². The minimum atomic E-state index is -0.0208. The van der Waals surface area contributed by atoms with Crippen molar-refractivity contribution in [1.82, 2.24) is 20.4 Å². The van der Waals surface area contributed by atoms with Crippen LogP contribution in [0.5, 0.6) is 11.5 Å². The molecule has 1 aromatic carbocycles. The van der Waals surface area contributed by atoms with Gasteiger partial charge in [0.1, 0.15) is 12.7 Å². The van der Waals surface area contributed by atoms with Gasteiger partial charge in [-0.1, -0.05) is 12.1 Å². The molecule has 1 saturated heterocycles. The predicted molar refractivity (Wildman–Crippen MR) is 109 cm³/mol. The van der Waals surface area contributed by atoms with E-state index in [1.807, 2.05) is 24.3 Å². The molecule has 1 atom stereocenters. The van der Waals surface area contributed by atoms with Crippen LogP contribution in [0.25, 0.3) is 0 Å². The van der Waals surface area contributed by atoms with Gasteiger partial charge in [-0.05, 0) is 51.7 Å². The Hall–Kier alpha value is -1.99. The van der Waals surface area contributed by atoms with Crippen molar-refractivity contribution in [3.63, 3.8) is 0 Å². The van der Waals surface area contributed by atoms with Gasteiger partial charge in [0.2, 0.25) is 0 Å². The lowest BCUT2D eigenvalue weighted by Gasteiger charge is -2.27. The number of guanidine groups is 1. The summed E-state index contributed by atoms with van der Waals surface area (Å²) < 4.78 is 11.7. The van der Waals surface area contributed by atoms with Crippen LogP contribution in [0.4, 0.5) is 0 Å². The van der Waals surface area contributed by atoms with Gasteiger partial charge in [0.25, 0.3) is 0 Å². The lowest BCUT2D eigenvalue weighted by molar-refractivity contribution is 0.0936. The molecule has 2 N–H and O–H groups in total. The third-order valence-electron chi connectivity index (χ3n) is 5.04. The van der Waals surface area contributed by atoms with E-state index in [2.05, 4.69) is 32.5 Å². The van der Waals surface area contributed by atoms with E-state index in [1.165, 1.54) is 32.6 Å². The van der Waals surface area contributed by atoms with Crippen molar-refractivity contribution in [1.29, 1.82) is 0 Å². The second-order valence-electron chi connectivity index (χ2n) is 7.23. The average molecular weight is 376 g/mol. The molecule has 2 aliphatic heterocycles. The summed E-state index contributed by atoms with van der Waals surface area (Å²) in [4.78, 5) is 9.28. The number of hydrogen-bond donors (Lipinski definition) is 2. The van der Waals surface area contributed by atoms with Gasteiger partial charge in [-0.25, -0.2) is 0 Å². The second-order valence-corrected chi connectivity index (χ2v) is 7.23. The summed E-state index contributed by atoms with van der Waals surface area (Å²) in [6, 6.07) is 7.79. The zero-order valence-electron chi connectivity index (χ0n) is 16.6. The molecule has 1 aromatic rings. The molecule has 0 radical (unpaired) electrons. The zero-order valence-corrected chi connectivity index (χ0v) is 16.6. The Bertz CT molecular complexity index is 610. The number of hydrogen-bond acceptors (Lipinski definition) is 5. The van der Waals surface area contributed by atoms with E-state index in [9.17, 15) is 0 Å². The van der Waals surface area contributed by atoms with Crippen molar-refractivity contribution < 1.29 is 9.47 Å². The van der Waals surface area contributed by atoms with Gasteiger partial charge in [0, 0.05) is 26.7 Å². The first kappa shape index (κ1) is 19.8. The van der Waals surface area contributed by atoms with E-state index in [0.717, 1.165) is 37.0 Å². The molecule has 1 unspecified atom stereocenters. The maximum absolute atomic E-state index is 5.97. The normalized spacial score (nSPS) is 21.6. The molecule has 0 aliphatic carbocycles. The summed E-state index contributed by atoms with van der Waals surface area (Å²) >= 11 is 0. The van der Waals surface area contributed by atoms with Crippen molar-refractivity contribution in [2.24, 2.45) is 4.99 Å². The van der Waals surface area contributed by atoms with Gasteiger partial charge >= 0.3 is 0 Å². The van der Waals surface area contributed by atoms with Crippen molar-refractivity contribution in [2.45, 2.75) is 18.9 Å². The summed E-state index contributed by atoms with van der Waals surface area (Å²) in [6.07, 6.45) is 2.35. The molecule has 1 fully saturated rings. The smallest absolute Gasteiger partial charge is 0.191 e. The molecule has 0 spiro atoms. The highest BCUT2D eigenvalue weighted by Gasteiger charge is 2.20. The highest BCUT2D eigenvalue weighted by atomic mass is 16.6. The number of benzene rings is 1. The highest BCUT2D eigenvalue weighted by Crippen LogP contribution is 2.30. The number of aliphatic imine (C=N–C) groups is 1. The predicted octanol–water partition coefficient (Wildman–Crippen LogP) is 1.02. The summed E-state index contributed by atoms with van der Waals surface area (Å²) in [5.74, 6) is 2.44. The molecule has 0 amide bonds. The molecule has 3 rings (SSSR count). The Labute approximate surface area is 162 Å². The number of para-hydroxylation sites is 2. The van der Waals surface area contributed by atoms with Crippen LogP contribution in [0.1, 0.15) is 12.8 Å². The second kappa shape index (κ2) is 10.4. The summed E-state index contributed by atoms with van der Waals surface area (Å²) in [6.45, 7) is 8.01. The Balaban J connectivity index is 1.32. The minimum Gasteiger partial charge on any atom is -0.486 e. The number of likely N-dealkylation sites (N-methyl/N-ethyl adjacent to an activating group) is 1. The average Bonchev–Trinajstić information content (AvgIpc) is 2.91. The first-order valence-electron chi connectivity index (χ1n) is 9.98. The van der Waals surface area contributed by atoms with Gasteiger partial charge in [-0.15, -0.1) is 0 Å². The SMILES string of the molecule is CN=C(NCCCN1CCCN(C)CC1)NCC1COc2ccccc2O1. The topological polar surface area (TPSA) is 61.4 Å². The third-order valence-corrected chi connectivity index (χ3v) is 5.04. The molecule has 0 aromatic heterocycles. The zero-order chi connectivity index (χ0) is 18.9. The lowest BCUT2D eigenvalue weighted by Crippen LogP contribution is -2.45. The first-order chi connectivity index (χ1) is 13.2. The van der Waals surface area contributed by atoms with Crippen LogP contribution in [0, 0.1) is 0 Å². The monoisotopic (exact) mass is 375 g/mol. The van der Waals surface area contributed by atoms with Gasteiger partial charge in [-0.3, -0.25) is 4.99 Å². The maximum atomic E-state index is 5.97. The Morgan fingerprint density at radius 1 is 1.15 bits per heavy atom. The van der Waals surface area contributed by atoms with E-state index in [-0.39, 0.29) is 6.10 Å². The van der Waals surface area contributed by atoms with Crippen LogP contribution in [-0.2, 0) is 0 Å². The van der Waals surface area contributed by atoms with Crippen LogP contribution >= 0.6 is 0 Å². The summed E-state index contributed by atoms with van der Waals surface area (Å²) in [5, 5.41) is 6.74. The van der Waals surface area contributed by atoms with Crippen LogP contribution in [-0.4, -0.2) is 88.4 Å². The van der Waals surface area contributed by atoms with Gasteiger partial charge < -0.3 is 29.9 Å². The summed E-state index contributed by atoms with van der Waals surface area (Å²) in [7, 11) is 4.01. The third kappa shape index (κ3) is 6.29. The molecule has 0 saturated carbocycles. The fourth-order valence-electron chi connectivity index (χ4n) is 3.43. The molecule has 2 heterocycles. The largest absolute Gasteiger partial charge is 0.486 e. The number of nitrogens with one attached hydrogen (secondary N) is 2. The Morgan fingerprint density at radius 3 is 2.85 bits per heavy atom. The van der Waals surface area contributed by atoms with E-state index in [1.54, 1.807) is 7.05 Å². The minimum absolute atomic E-state index is 0.0208. The van der Waals surface area contributed by atoms with Crippen LogP contribution in [0.2, 0.25) is 0 Å². The Kier molecular flexibility index (Phi) is 7.59. The molecule has 27 heavy (non-hydrogen) atoms. The molecular weight excluding hydrogens is 342 g/mol. The molecular formula is C20H33N5O2. The number of nitrogens with zero attached hydrogens (tertiary/aromatic N) is 3. The summed E-state index contributed by atoms with van der Waals surface area (Å²) in [5.41, 5.74) is 0. The molecule has 7 nitrogen and oxygen atoms in total.